The summed E-state index contributed by atoms with van der Waals surface area (Å²) in [6.07, 6.45) is 4.07. The predicted octanol–water partition coefficient (Wildman–Crippen LogP) is 2.58. The van der Waals surface area contributed by atoms with Gasteiger partial charge in [-0.25, -0.2) is 4.79 Å². The van der Waals surface area contributed by atoms with Gasteiger partial charge in [-0.05, 0) is 37.1 Å². The van der Waals surface area contributed by atoms with Crippen LogP contribution in [0.2, 0.25) is 0 Å². The van der Waals surface area contributed by atoms with E-state index < -0.39 is 18.5 Å². The maximum atomic E-state index is 12.6. The lowest BCUT2D eigenvalue weighted by atomic mass is 10.1. The topological polar surface area (TPSA) is 111 Å². The van der Waals surface area contributed by atoms with Crippen molar-refractivity contribution in [1.29, 1.82) is 0 Å². The molecule has 4 rings (SSSR count). The van der Waals surface area contributed by atoms with Crippen LogP contribution in [0, 0.1) is 0 Å². The van der Waals surface area contributed by atoms with E-state index in [0.29, 0.717) is 11.3 Å². The molecule has 9 heteroatoms. The standard InChI is InChI=1S/C25H28N4O5/c1-28-20-12-6-7-13-21(20)29(25(28)33)15-14-23(31)34-16-22(30)27-19-11-5-4-10-18(19)24(32)26-17-8-2-3-9-17/h4-7,10-13,17H,2-3,8-9,14-16H2,1H3,(H,26,32)(H,27,30). The summed E-state index contributed by atoms with van der Waals surface area (Å²) in [4.78, 5) is 49.6. The molecule has 1 aliphatic carbocycles. The molecule has 34 heavy (non-hydrogen) atoms. The summed E-state index contributed by atoms with van der Waals surface area (Å²) in [6.45, 7) is -0.341. The summed E-state index contributed by atoms with van der Waals surface area (Å²) in [5, 5.41) is 5.65. The van der Waals surface area contributed by atoms with E-state index in [-0.39, 0.29) is 30.6 Å². The van der Waals surface area contributed by atoms with E-state index in [1.807, 2.05) is 24.3 Å². The summed E-state index contributed by atoms with van der Waals surface area (Å²) >= 11 is 0. The highest BCUT2D eigenvalue weighted by molar-refractivity contribution is 6.04. The number of aryl methyl sites for hydroxylation is 2. The van der Waals surface area contributed by atoms with Crippen LogP contribution in [0.25, 0.3) is 11.0 Å². The van der Waals surface area contributed by atoms with E-state index in [4.69, 9.17) is 4.74 Å². The number of aromatic nitrogens is 2. The minimum absolute atomic E-state index is 0.0540. The molecule has 178 valence electrons. The highest BCUT2D eigenvalue weighted by Gasteiger charge is 2.20. The van der Waals surface area contributed by atoms with Gasteiger partial charge in [-0.15, -0.1) is 0 Å². The van der Waals surface area contributed by atoms with Gasteiger partial charge in [-0.2, -0.15) is 0 Å². The largest absolute Gasteiger partial charge is 0.456 e. The molecule has 3 aromatic rings. The van der Waals surface area contributed by atoms with Crippen molar-refractivity contribution in [3.8, 4) is 0 Å². The molecule has 0 saturated heterocycles. The third-order valence-corrected chi connectivity index (χ3v) is 6.09. The highest BCUT2D eigenvalue weighted by Crippen LogP contribution is 2.20. The van der Waals surface area contributed by atoms with Crippen LogP contribution in [0.5, 0.6) is 0 Å². The number of benzene rings is 2. The van der Waals surface area contributed by atoms with E-state index in [2.05, 4.69) is 10.6 Å². The second-order valence-electron chi connectivity index (χ2n) is 8.44. The number of fused-ring (bicyclic) bond motifs is 1. The van der Waals surface area contributed by atoms with Gasteiger partial charge in [0, 0.05) is 19.6 Å². The van der Waals surface area contributed by atoms with E-state index in [0.717, 1.165) is 36.7 Å². The molecule has 1 heterocycles. The quantitative estimate of drug-likeness (QED) is 0.498. The first kappa shape index (κ1) is 23.3. The summed E-state index contributed by atoms with van der Waals surface area (Å²) in [5.41, 5.74) is 2.01. The van der Waals surface area contributed by atoms with Crippen molar-refractivity contribution in [3.63, 3.8) is 0 Å². The SMILES string of the molecule is Cn1c(=O)n(CCC(=O)OCC(=O)Nc2ccccc2C(=O)NC2CCCC2)c2ccccc21. The predicted molar refractivity (Wildman–Crippen MR) is 128 cm³/mol. The number of carbonyl (C=O) groups is 3. The number of rotatable bonds is 8. The second kappa shape index (κ2) is 10.4. The number of nitrogens with zero attached hydrogens (tertiary/aromatic N) is 2. The Balaban J connectivity index is 1.30. The first-order chi connectivity index (χ1) is 16.4. The molecular weight excluding hydrogens is 436 g/mol. The number of hydrogen-bond donors (Lipinski definition) is 2. The van der Waals surface area contributed by atoms with Gasteiger partial charge in [0.15, 0.2) is 6.61 Å². The van der Waals surface area contributed by atoms with Crippen LogP contribution in [0.3, 0.4) is 0 Å². The molecule has 0 unspecified atom stereocenters. The molecule has 0 spiro atoms. The summed E-state index contributed by atoms with van der Waals surface area (Å²) in [7, 11) is 1.68. The monoisotopic (exact) mass is 464 g/mol. The van der Waals surface area contributed by atoms with Crippen molar-refractivity contribution in [2.24, 2.45) is 7.05 Å². The number of carbonyl (C=O) groups excluding carboxylic acids is 3. The fraction of sp³-hybridized carbons (Fsp3) is 0.360. The molecule has 0 bridgehead atoms. The first-order valence-electron chi connectivity index (χ1n) is 11.4. The molecule has 0 atom stereocenters. The maximum absolute atomic E-state index is 12.6. The minimum Gasteiger partial charge on any atom is -0.456 e. The number of anilines is 1. The molecule has 9 nitrogen and oxygen atoms in total. The number of ether oxygens (including phenoxy) is 1. The third-order valence-electron chi connectivity index (χ3n) is 6.09. The fourth-order valence-corrected chi connectivity index (χ4v) is 4.31. The van der Waals surface area contributed by atoms with Crippen molar-refractivity contribution in [2.45, 2.75) is 44.7 Å². The Hall–Kier alpha value is -3.88. The lowest BCUT2D eigenvalue weighted by molar-refractivity contribution is -0.147. The molecule has 2 amide bonds. The van der Waals surface area contributed by atoms with Crippen molar-refractivity contribution in [1.82, 2.24) is 14.5 Å². The Labute approximate surface area is 196 Å². The number of hydrogen-bond acceptors (Lipinski definition) is 5. The second-order valence-corrected chi connectivity index (χ2v) is 8.44. The number of esters is 1. The number of amides is 2. The number of para-hydroxylation sites is 3. The van der Waals surface area contributed by atoms with E-state index >= 15 is 0 Å². The Morgan fingerprint density at radius 1 is 1.00 bits per heavy atom. The fourth-order valence-electron chi connectivity index (χ4n) is 4.31. The molecule has 1 saturated carbocycles. The van der Waals surface area contributed by atoms with Crippen molar-refractivity contribution in [3.05, 3.63) is 64.6 Å². The summed E-state index contributed by atoms with van der Waals surface area (Å²) in [6, 6.07) is 14.2. The summed E-state index contributed by atoms with van der Waals surface area (Å²) in [5.74, 6) is -1.38. The van der Waals surface area contributed by atoms with Gasteiger partial charge < -0.3 is 15.4 Å². The van der Waals surface area contributed by atoms with Crippen LogP contribution in [0.4, 0.5) is 5.69 Å². The van der Waals surface area contributed by atoms with Crippen LogP contribution < -0.4 is 16.3 Å². The molecule has 1 fully saturated rings. The van der Waals surface area contributed by atoms with Crippen LogP contribution in [-0.2, 0) is 27.9 Å². The van der Waals surface area contributed by atoms with Crippen molar-refractivity contribution < 1.29 is 19.1 Å². The third kappa shape index (κ3) is 5.19. The molecule has 2 aromatic carbocycles. The normalized spacial score (nSPS) is 13.7. The zero-order valence-electron chi connectivity index (χ0n) is 19.1. The van der Waals surface area contributed by atoms with Gasteiger partial charge >= 0.3 is 11.7 Å². The average Bonchev–Trinajstić information content (AvgIpc) is 3.43. The lowest BCUT2D eigenvalue weighted by Crippen LogP contribution is -2.33. The van der Waals surface area contributed by atoms with Gasteiger partial charge in [-0.1, -0.05) is 37.1 Å². The van der Waals surface area contributed by atoms with Crippen LogP contribution >= 0.6 is 0 Å². The van der Waals surface area contributed by atoms with Crippen LogP contribution in [0.15, 0.2) is 53.3 Å². The molecular formula is C25H28N4O5. The van der Waals surface area contributed by atoms with Gasteiger partial charge in [-0.3, -0.25) is 23.5 Å². The van der Waals surface area contributed by atoms with Crippen molar-refractivity contribution >= 4 is 34.5 Å². The van der Waals surface area contributed by atoms with E-state index in [1.165, 1.54) is 9.13 Å². The zero-order valence-corrected chi connectivity index (χ0v) is 19.1. The lowest BCUT2D eigenvalue weighted by Gasteiger charge is -2.15. The first-order valence-corrected chi connectivity index (χ1v) is 11.4. The van der Waals surface area contributed by atoms with Gasteiger partial charge in [0.05, 0.1) is 28.7 Å². The van der Waals surface area contributed by atoms with Crippen LogP contribution in [0.1, 0.15) is 42.5 Å². The number of imidazole rings is 1. The Morgan fingerprint density at radius 2 is 1.68 bits per heavy atom. The molecule has 2 N–H and O–H groups in total. The summed E-state index contributed by atoms with van der Waals surface area (Å²) < 4.78 is 8.12. The van der Waals surface area contributed by atoms with Crippen LogP contribution in [-0.4, -0.2) is 39.6 Å². The highest BCUT2D eigenvalue weighted by atomic mass is 16.5. The van der Waals surface area contributed by atoms with Gasteiger partial charge in [0.1, 0.15) is 0 Å². The number of nitrogens with one attached hydrogen (secondary N) is 2. The Morgan fingerprint density at radius 3 is 2.44 bits per heavy atom. The smallest absolute Gasteiger partial charge is 0.328 e. The average molecular weight is 465 g/mol. The van der Waals surface area contributed by atoms with E-state index in [1.54, 1.807) is 31.3 Å². The Bertz CT molecular complexity index is 1270. The van der Waals surface area contributed by atoms with Gasteiger partial charge in [0.2, 0.25) is 0 Å². The molecule has 0 radical (unpaired) electrons. The van der Waals surface area contributed by atoms with Gasteiger partial charge in [0.25, 0.3) is 11.8 Å². The molecule has 1 aromatic heterocycles. The molecule has 1 aliphatic rings. The maximum Gasteiger partial charge on any atom is 0.328 e. The Kier molecular flexibility index (Phi) is 7.10. The van der Waals surface area contributed by atoms with Crippen molar-refractivity contribution in [2.75, 3.05) is 11.9 Å². The van der Waals surface area contributed by atoms with E-state index in [9.17, 15) is 19.2 Å². The zero-order chi connectivity index (χ0) is 24.1. The molecule has 0 aliphatic heterocycles. The minimum atomic E-state index is -0.595.